The van der Waals surface area contributed by atoms with Gasteiger partial charge in [-0.05, 0) is 13.8 Å². The number of aldehydes is 1. The summed E-state index contributed by atoms with van der Waals surface area (Å²) < 4.78 is 4.59. The molecule has 1 rings (SSSR count). The van der Waals surface area contributed by atoms with Gasteiger partial charge < -0.3 is 15.1 Å². The number of rotatable bonds is 3. The molecule has 5 nitrogen and oxygen atoms in total. The predicted molar refractivity (Wildman–Crippen MR) is 44.1 cm³/mol. The van der Waals surface area contributed by atoms with Crippen LogP contribution in [0.2, 0.25) is 0 Å². The van der Waals surface area contributed by atoms with Gasteiger partial charge in [-0.2, -0.15) is 0 Å². The third-order valence-electron chi connectivity index (χ3n) is 1.74. The van der Waals surface area contributed by atoms with E-state index >= 15 is 0 Å². The Morgan fingerprint density at radius 3 is 2.77 bits per heavy atom. The van der Waals surface area contributed by atoms with Crippen molar-refractivity contribution in [3.8, 4) is 0 Å². The molecule has 1 aromatic rings. The summed E-state index contributed by atoms with van der Waals surface area (Å²) in [7, 11) is 0. The Labute approximate surface area is 74.9 Å². The highest BCUT2D eigenvalue weighted by Crippen LogP contribution is 2.22. The van der Waals surface area contributed by atoms with Gasteiger partial charge in [0.15, 0.2) is 0 Å². The average Bonchev–Trinajstić information content (AvgIpc) is 2.52. The number of amides is 1. The van der Waals surface area contributed by atoms with Gasteiger partial charge in [0.05, 0.1) is 5.41 Å². The summed E-state index contributed by atoms with van der Waals surface area (Å²) in [5.74, 6) is -0.647. The third-order valence-corrected chi connectivity index (χ3v) is 1.74. The predicted octanol–water partition coefficient (Wildman–Crippen LogP) is 0.250. The van der Waals surface area contributed by atoms with Crippen LogP contribution in [0.1, 0.15) is 29.9 Å². The minimum Gasteiger partial charge on any atom is -0.365 e. The van der Waals surface area contributed by atoms with Crippen LogP contribution in [0.15, 0.2) is 10.8 Å². The lowest BCUT2D eigenvalue weighted by Gasteiger charge is -2.13. The molecule has 5 heteroatoms. The largest absolute Gasteiger partial charge is 0.365 e. The van der Waals surface area contributed by atoms with Crippen molar-refractivity contribution < 1.29 is 14.1 Å². The zero-order valence-electron chi connectivity index (χ0n) is 7.40. The monoisotopic (exact) mass is 182 g/mol. The summed E-state index contributed by atoms with van der Waals surface area (Å²) in [6.45, 7) is 3.26. The molecule has 70 valence electrons. The van der Waals surface area contributed by atoms with Gasteiger partial charge >= 0.3 is 0 Å². The molecule has 13 heavy (non-hydrogen) atoms. The fourth-order valence-electron chi connectivity index (χ4n) is 0.932. The number of hydrogen-bond donors (Lipinski definition) is 1. The van der Waals surface area contributed by atoms with Crippen LogP contribution in [0.25, 0.3) is 0 Å². The number of hydrogen-bond acceptors (Lipinski definition) is 4. The molecule has 0 bridgehead atoms. The van der Waals surface area contributed by atoms with E-state index in [-0.39, 0.29) is 11.3 Å². The first kappa shape index (κ1) is 9.44. The molecular weight excluding hydrogens is 172 g/mol. The normalized spacial score (nSPS) is 11.2. The lowest BCUT2D eigenvalue weighted by atomic mass is 9.89. The van der Waals surface area contributed by atoms with Crippen LogP contribution in [0.5, 0.6) is 0 Å². The highest BCUT2D eigenvalue weighted by molar-refractivity contribution is 5.94. The quantitative estimate of drug-likeness (QED) is 0.679. The van der Waals surface area contributed by atoms with E-state index in [1.165, 1.54) is 0 Å². The zero-order chi connectivity index (χ0) is 10.1. The van der Waals surface area contributed by atoms with E-state index in [4.69, 9.17) is 5.73 Å². The first-order valence-corrected chi connectivity index (χ1v) is 3.70. The molecule has 0 saturated heterocycles. The lowest BCUT2D eigenvalue weighted by molar-refractivity contribution is -0.111. The van der Waals surface area contributed by atoms with Crippen molar-refractivity contribution >= 4 is 12.2 Å². The average molecular weight is 182 g/mol. The standard InChI is InChI=1S/C8H10N2O3/c1-8(2,4-11)6-5(7(9)12)3-13-10-6/h3-4H,1-2H3,(H2,9,12). The van der Waals surface area contributed by atoms with Crippen molar-refractivity contribution in [1.29, 1.82) is 0 Å². The smallest absolute Gasteiger partial charge is 0.253 e. The molecule has 0 aliphatic carbocycles. The molecule has 0 aromatic carbocycles. The van der Waals surface area contributed by atoms with Crippen LogP contribution in [-0.2, 0) is 10.2 Å². The van der Waals surface area contributed by atoms with E-state index in [9.17, 15) is 9.59 Å². The SMILES string of the molecule is CC(C)(C=O)c1nocc1C(N)=O. The Hall–Kier alpha value is -1.65. The molecule has 0 spiro atoms. The molecule has 0 fully saturated rings. The molecule has 0 unspecified atom stereocenters. The molecule has 1 aromatic heterocycles. The van der Waals surface area contributed by atoms with Crippen molar-refractivity contribution in [2.75, 3.05) is 0 Å². The summed E-state index contributed by atoms with van der Waals surface area (Å²) in [4.78, 5) is 21.5. The molecule has 0 atom stereocenters. The van der Waals surface area contributed by atoms with E-state index in [2.05, 4.69) is 9.68 Å². The Kier molecular flexibility index (Phi) is 2.18. The van der Waals surface area contributed by atoms with E-state index in [1.807, 2.05) is 0 Å². The van der Waals surface area contributed by atoms with Gasteiger partial charge in [0.25, 0.3) is 5.91 Å². The molecule has 1 amide bonds. The van der Waals surface area contributed by atoms with Gasteiger partial charge in [-0.3, -0.25) is 4.79 Å². The van der Waals surface area contributed by atoms with Gasteiger partial charge in [-0.1, -0.05) is 5.16 Å². The fraction of sp³-hybridized carbons (Fsp3) is 0.375. The Bertz CT molecular complexity index is 341. The van der Waals surface area contributed by atoms with Crippen LogP contribution >= 0.6 is 0 Å². The summed E-state index contributed by atoms with van der Waals surface area (Å²) in [5.41, 5.74) is 4.63. The summed E-state index contributed by atoms with van der Waals surface area (Å²) in [6, 6.07) is 0. The summed E-state index contributed by atoms with van der Waals surface area (Å²) >= 11 is 0. The van der Waals surface area contributed by atoms with Crippen LogP contribution < -0.4 is 5.73 Å². The Morgan fingerprint density at radius 1 is 1.69 bits per heavy atom. The second kappa shape index (κ2) is 3.01. The number of carbonyl (C=O) groups excluding carboxylic acids is 2. The third kappa shape index (κ3) is 1.58. The minimum absolute atomic E-state index is 0.150. The zero-order valence-corrected chi connectivity index (χ0v) is 7.40. The van der Waals surface area contributed by atoms with Crippen molar-refractivity contribution in [2.24, 2.45) is 5.73 Å². The molecule has 0 saturated carbocycles. The number of carbonyl (C=O) groups is 2. The maximum Gasteiger partial charge on any atom is 0.253 e. The second-order valence-electron chi connectivity index (χ2n) is 3.28. The van der Waals surface area contributed by atoms with Crippen LogP contribution in [0.4, 0.5) is 0 Å². The number of aromatic nitrogens is 1. The van der Waals surface area contributed by atoms with Gasteiger partial charge in [-0.25, -0.2) is 0 Å². The van der Waals surface area contributed by atoms with E-state index in [0.29, 0.717) is 6.29 Å². The number of primary amides is 1. The maximum atomic E-state index is 10.9. The molecule has 0 aliphatic rings. The van der Waals surface area contributed by atoms with Gasteiger partial charge in [0.1, 0.15) is 23.8 Å². The van der Waals surface area contributed by atoms with Crippen molar-refractivity contribution in [1.82, 2.24) is 5.16 Å². The van der Waals surface area contributed by atoms with E-state index < -0.39 is 11.3 Å². The summed E-state index contributed by atoms with van der Waals surface area (Å²) in [5, 5.41) is 3.57. The van der Waals surface area contributed by atoms with Crippen LogP contribution in [0, 0.1) is 0 Å². The first-order valence-electron chi connectivity index (χ1n) is 3.70. The van der Waals surface area contributed by atoms with Crippen LogP contribution in [-0.4, -0.2) is 17.4 Å². The fourth-order valence-corrected chi connectivity index (χ4v) is 0.932. The van der Waals surface area contributed by atoms with E-state index in [0.717, 1.165) is 6.26 Å². The minimum atomic E-state index is -0.850. The van der Waals surface area contributed by atoms with Crippen LogP contribution in [0.3, 0.4) is 0 Å². The molecule has 0 aliphatic heterocycles. The molecule has 2 N–H and O–H groups in total. The molecular formula is C8H10N2O3. The topological polar surface area (TPSA) is 86.2 Å². The number of nitrogens with two attached hydrogens (primary N) is 1. The molecule has 0 radical (unpaired) electrons. The second-order valence-corrected chi connectivity index (χ2v) is 3.28. The maximum absolute atomic E-state index is 10.9. The highest BCUT2D eigenvalue weighted by Gasteiger charge is 2.28. The van der Waals surface area contributed by atoms with E-state index in [1.54, 1.807) is 13.8 Å². The van der Waals surface area contributed by atoms with Crippen molar-refractivity contribution in [3.63, 3.8) is 0 Å². The number of nitrogens with zero attached hydrogens (tertiary/aromatic N) is 1. The Morgan fingerprint density at radius 2 is 2.31 bits per heavy atom. The lowest BCUT2D eigenvalue weighted by Crippen LogP contribution is -2.24. The van der Waals surface area contributed by atoms with Gasteiger partial charge in [0.2, 0.25) is 0 Å². The van der Waals surface area contributed by atoms with Gasteiger partial charge in [-0.15, -0.1) is 0 Å². The molecule has 1 heterocycles. The Balaban J connectivity index is 3.22. The van der Waals surface area contributed by atoms with Crippen molar-refractivity contribution in [3.05, 3.63) is 17.5 Å². The first-order chi connectivity index (χ1) is 5.99. The highest BCUT2D eigenvalue weighted by atomic mass is 16.5. The van der Waals surface area contributed by atoms with Crippen molar-refractivity contribution in [2.45, 2.75) is 19.3 Å². The summed E-state index contributed by atoms with van der Waals surface area (Å²) in [6.07, 6.45) is 1.83. The van der Waals surface area contributed by atoms with Gasteiger partial charge in [0, 0.05) is 0 Å².